The number of benzene rings is 2. The van der Waals surface area contributed by atoms with Crippen LogP contribution in [0.4, 0.5) is 10.1 Å². The van der Waals surface area contributed by atoms with E-state index in [0.717, 1.165) is 12.1 Å². The molecule has 0 aromatic heterocycles. The third-order valence-electron chi connectivity index (χ3n) is 2.79. The molecule has 2 aromatic rings. The zero-order chi connectivity index (χ0) is 15.6. The number of aliphatic hydroxyl groups is 1. The van der Waals surface area contributed by atoms with Gasteiger partial charge in [-0.1, -0.05) is 23.7 Å². The highest BCUT2D eigenvalue weighted by atomic mass is 35.5. The topological polar surface area (TPSA) is 72.6 Å². The maximum absolute atomic E-state index is 13.7. The van der Waals surface area contributed by atoms with Gasteiger partial charge in [0.25, 0.3) is 0 Å². The van der Waals surface area contributed by atoms with Crippen LogP contribution in [0.5, 0.6) is 11.5 Å². The van der Waals surface area contributed by atoms with E-state index in [-0.39, 0.29) is 10.8 Å². The van der Waals surface area contributed by atoms with Crippen LogP contribution in [0.25, 0.3) is 0 Å². The van der Waals surface area contributed by atoms with Gasteiger partial charge in [0.1, 0.15) is 5.75 Å². The lowest BCUT2D eigenvalue weighted by Gasteiger charge is -2.11. The molecule has 0 aliphatic heterocycles. The van der Waals surface area contributed by atoms with Gasteiger partial charge in [0.05, 0.1) is 16.0 Å². The fraction of sp³-hybridized carbons (Fsp3) is 0.143. The minimum atomic E-state index is -0.861. The van der Waals surface area contributed by atoms with Gasteiger partial charge in [-0.05, 0) is 30.7 Å². The van der Waals surface area contributed by atoms with Crippen molar-refractivity contribution in [2.45, 2.75) is 13.0 Å². The molecule has 1 N–H and O–H groups in total. The molecule has 1 atom stereocenters. The van der Waals surface area contributed by atoms with E-state index < -0.39 is 28.3 Å². The molecule has 0 aliphatic rings. The van der Waals surface area contributed by atoms with Crippen molar-refractivity contribution >= 4 is 17.3 Å². The molecule has 5 nitrogen and oxygen atoms in total. The van der Waals surface area contributed by atoms with Gasteiger partial charge in [0, 0.05) is 6.07 Å². The lowest BCUT2D eigenvalue weighted by molar-refractivity contribution is -0.385. The molecule has 0 bridgehead atoms. The van der Waals surface area contributed by atoms with E-state index in [0.29, 0.717) is 5.56 Å². The Bertz CT molecular complexity index is 691. The number of nitro groups is 1. The third-order valence-corrected chi connectivity index (χ3v) is 3.09. The first-order valence-electron chi connectivity index (χ1n) is 5.98. The summed E-state index contributed by atoms with van der Waals surface area (Å²) in [6, 6.07) is 7.82. The Hall–Kier alpha value is -2.18. The quantitative estimate of drug-likeness (QED) is 0.677. The van der Waals surface area contributed by atoms with Crippen molar-refractivity contribution in [2.75, 3.05) is 0 Å². The predicted molar refractivity (Wildman–Crippen MR) is 75.2 cm³/mol. The van der Waals surface area contributed by atoms with E-state index in [9.17, 15) is 19.6 Å². The van der Waals surface area contributed by atoms with E-state index in [2.05, 4.69) is 0 Å². The average Bonchev–Trinajstić information content (AvgIpc) is 2.42. The highest BCUT2D eigenvalue weighted by Gasteiger charge is 2.21. The van der Waals surface area contributed by atoms with Gasteiger partial charge < -0.3 is 9.84 Å². The van der Waals surface area contributed by atoms with Crippen LogP contribution < -0.4 is 4.74 Å². The smallest absolute Gasteiger partial charge is 0.314 e. The summed E-state index contributed by atoms with van der Waals surface area (Å²) < 4.78 is 19.0. The van der Waals surface area contributed by atoms with Crippen molar-refractivity contribution in [3.8, 4) is 11.5 Å². The monoisotopic (exact) mass is 311 g/mol. The molecule has 0 spiro atoms. The highest BCUT2D eigenvalue weighted by molar-refractivity contribution is 6.32. The lowest BCUT2D eigenvalue weighted by Crippen LogP contribution is -1.97. The predicted octanol–water partition coefficient (Wildman–Crippen LogP) is 4.23. The molecule has 0 amide bonds. The number of halogens is 2. The molecule has 0 saturated carbocycles. The molecule has 2 rings (SSSR count). The molecule has 0 aliphatic carbocycles. The third kappa shape index (κ3) is 3.29. The van der Waals surface area contributed by atoms with Crippen molar-refractivity contribution in [3.63, 3.8) is 0 Å². The zero-order valence-electron chi connectivity index (χ0n) is 10.9. The maximum atomic E-state index is 13.7. The van der Waals surface area contributed by atoms with Crippen LogP contribution in [0.2, 0.25) is 5.02 Å². The molecule has 0 saturated heterocycles. The van der Waals surface area contributed by atoms with Gasteiger partial charge in [-0.25, -0.2) is 4.39 Å². The zero-order valence-corrected chi connectivity index (χ0v) is 11.7. The molecule has 7 heteroatoms. The fourth-order valence-electron chi connectivity index (χ4n) is 1.71. The molecule has 1 unspecified atom stereocenters. The summed E-state index contributed by atoms with van der Waals surface area (Å²) in [7, 11) is 0. The second kappa shape index (κ2) is 6.07. The summed E-state index contributed by atoms with van der Waals surface area (Å²) in [6.07, 6.45) is -0.723. The number of hydrogen-bond donors (Lipinski definition) is 1. The summed E-state index contributed by atoms with van der Waals surface area (Å²) in [5, 5.41) is 20.4. The van der Waals surface area contributed by atoms with Gasteiger partial charge >= 0.3 is 5.69 Å². The number of rotatable bonds is 4. The van der Waals surface area contributed by atoms with Crippen molar-refractivity contribution in [1.29, 1.82) is 0 Å². The van der Waals surface area contributed by atoms with Gasteiger partial charge in [-0.15, -0.1) is 0 Å². The first-order chi connectivity index (χ1) is 9.90. The Labute approximate surface area is 124 Å². The minimum absolute atomic E-state index is 0.0641. The SMILES string of the molecule is CC(O)c1ccc(Oc2c(F)cccc2[N+](=O)[O-])c(Cl)c1. The van der Waals surface area contributed by atoms with Gasteiger partial charge in [-0.2, -0.15) is 0 Å². The summed E-state index contributed by atoms with van der Waals surface area (Å²) in [5.41, 5.74) is 0.0565. The summed E-state index contributed by atoms with van der Waals surface area (Å²) in [5.74, 6) is -1.30. The first-order valence-corrected chi connectivity index (χ1v) is 6.36. The molecule has 2 aromatic carbocycles. The largest absolute Gasteiger partial charge is 0.446 e. The van der Waals surface area contributed by atoms with Crippen LogP contribution in [-0.4, -0.2) is 10.0 Å². The van der Waals surface area contributed by atoms with Crippen molar-refractivity contribution < 1.29 is 19.2 Å². The summed E-state index contributed by atoms with van der Waals surface area (Å²) in [4.78, 5) is 10.1. The van der Waals surface area contributed by atoms with E-state index in [1.165, 1.54) is 18.2 Å². The number of aliphatic hydroxyl groups excluding tert-OH is 1. The van der Waals surface area contributed by atoms with E-state index >= 15 is 0 Å². The number of ether oxygens (including phenoxy) is 1. The molecule has 0 fully saturated rings. The van der Waals surface area contributed by atoms with Crippen molar-refractivity contribution in [3.05, 3.63) is 62.9 Å². The van der Waals surface area contributed by atoms with Crippen LogP contribution in [0, 0.1) is 15.9 Å². The standard InChI is InChI=1S/C14H11ClFNO4/c1-8(18)9-5-6-13(10(15)7-9)21-14-11(16)3-2-4-12(14)17(19)20/h2-8,18H,1H3. The normalized spacial score (nSPS) is 12.0. The molecule has 21 heavy (non-hydrogen) atoms. The number of para-hydroxylation sites is 1. The van der Waals surface area contributed by atoms with Gasteiger partial charge in [-0.3, -0.25) is 10.1 Å². The lowest BCUT2D eigenvalue weighted by atomic mass is 10.1. The Morgan fingerprint density at radius 3 is 2.67 bits per heavy atom. The van der Waals surface area contributed by atoms with Gasteiger partial charge in [0.2, 0.25) is 5.75 Å². The van der Waals surface area contributed by atoms with Crippen LogP contribution in [0.3, 0.4) is 0 Å². The Kier molecular flexibility index (Phi) is 4.40. The molecular weight excluding hydrogens is 301 g/mol. The average molecular weight is 312 g/mol. The second-order valence-corrected chi connectivity index (χ2v) is 4.72. The Balaban J connectivity index is 2.41. The molecule has 110 valence electrons. The summed E-state index contributed by atoms with van der Waals surface area (Å²) >= 11 is 5.98. The molecule has 0 heterocycles. The van der Waals surface area contributed by atoms with E-state index in [4.69, 9.17) is 16.3 Å². The van der Waals surface area contributed by atoms with Crippen molar-refractivity contribution in [2.24, 2.45) is 0 Å². The Morgan fingerprint density at radius 1 is 1.38 bits per heavy atom. The fourth-order valence-corrected chi connectivity index (χ4v) is 1.94. The van der Waals surface area contributed by atoms with Crippen LogP contribution in [0.1, 0.15) is 18.6 Å². The van der Waals surface area contributed by atoms with E-state index in [1.807, 2.05) is 0 Å². The second-order valence-electron chi connectivity index (χ2n) is 4.31. The minimum Gasteiger partial charge on any atom is -0.446 e. The highest BCUT2D eigenvalue weighted by Crippen LogP contribution is 2.37. The number of nitro benzene ring substituents is 1. The van der Waals surface area contributed by atoms with Crippen LogP contribution >= 0.6 is 11.6 Å². The maximum Gasteiger partial charge on any atom is 0.314 e. The number of nitrogens with zero attached hydrogens (tertiary/aromatic N) is 1. The van der Waals surface area contributed by atoms with Crippen LogP contribution in [-0.2, 0) is 0 Å². The van der Waals surface area contributed by atoms with Crippen LogP contribution in [0.15, 0.2) is 36.4 Å². The summed E-state index contributed by atoms with van der Waals surface area (Å²) in [6.45, 7) is 1.56. The Morgan fingerprint density at radius 2 is 2.10 bits per heavy atom. The molecular formula is C14H11ClFNO4. The van der Waals surface area contributed by atoms with E-state index in [1.54, 1.807) is 13.0 Å². The van der Waals surface area contributed by atoms with Gasteiger partial charge in [0.15, 0.2) is 5.82 Å². The first kappa shape index (κ1) is 15.2. The van der Waals surface area contributed by atoms with Crippen molar-refractivity contribution in [1.82, 2.24) is 0 Å². The number of hydrogen-bond acceptors (Lipinski definition) is 4. The molecule has 0 radical (unpaired) electrons.